The van der Waals surface area contributed by atoms with Crippen LogP contribution in [0.25, 0.3) is 21.9 Å². The summed E-state index contributed by atoms with van der Waals surface area (Å²) in [6.45, 7) is 3.84. The van der Waals surface area contributed by atoms with E-state index in [9.17, 15) is 8.78 Å². The maximum Gasteiger partial charge on any atom is 0.326 e. The van der Waals surface area contributed by atoms with Crippen molar-refractivity contribution in [1.82, 2.24) is 24.9 Å². The van der Waals surface area contributed by atoms with E-state index in [1.165, 1.54) is 12.4 Å². The zero-order valence-corrected chi connectivity index (χ0v) is 16.9. The lowest BCUT2D eigenvalue weighted by Gasteiger charge is -2.28. The Hall–Kier alpha value is -3.60. The van der Waals surface area contributed by atoms with Gasteiger partial charge in [0.15, 0.2) is 17.4 Å². The van der Waals surface area contributed by atoms with Crippen LogP contribution < -0.4 is 15.0 Å². The van der Waals surface area contributed by atoms with Gasteiger partial charge in [0, 0.05) is 26.2 Å². The van der Waals surface area contributed by atoms with Gasteiger partial charge in [-0.25, -0.2) is 18.7 Å². The van der Waals surface area contributed by atoms with Gasteiger partial charge in [-0.15, -0.1) is 0 Å². The van der Waals surface area contributed by atoms with Crippen LogP contribution in [0.4, 0.5) is 20.3 Å². The van der Waals surface area contributed by atoms with Crippen molar-refractivity contribution in [2.45, 2.75) is 6.92 Å². The van der Waals surface area contributed by atoms with Crippen LogP contribution in [0, 0.1) is 18.6 Å². The average molecular weight is 427 g/mol. The van der Waals surface area contributed by atoms with Gasteiger partial charge < -0.3 is 24.7 Å². The first-order valence-corrected chi connectivity index (χ1v) is 9.73. The van der Waals surface area contributed by atoms with Gasteiger partial charge in [0.2, 0.25) is 0 Å². The minimum Gasteiger partial charge on any atom is -0.421 e. The Morgan fingerprint density at radius 3 is 2.58 bits per heavy atom. The van der Waals surface area contributed by atoms with Gasteiger partial charge in [0.1, 0.15) is 17.3 Å². The minimum atomic E-state index is -0.959. The van der Waals surface area contributed by atoms with Gasteiger partial charge in [-0.1, -0.05) is 0 Å². The number of nitrogens with zero attached hydrogens (tertiary/aromatic N) is 5. The Morgan fingerprint density at radius 1 is 1.13 bits per heavy atom. The molecule has 0 amide bonds. The molecule has 4 heterocycles. The second-order valence-corrected chi connectivity index (χ2v) is 7.07. The number of aromatic amines is 1. The van der Waals surface area contributed by atoms with Gasteiger partial charge in [-0.2, -0.15) is 9.97 Å². The minimum absolute atomic E-state index is 0.0416. The number of hydrogen-bond donors (Lipinski definition) is 2. The predicted octanol–water partition coefficient (Wildman–Crippen LogP) is 3.16. The number of aromatic nitrogens is 5. The first-order valence-electron chi connectivity index (χ1n) is 9.73. The average Bonchev–Trinajstić information content (AvgIpc) is 3.17. The van der Waals surface area contributed by atoms with E-state index in [4.69, 9.17) is 9.47 Å². The molecule has 1 aliphatic heterocycles. The Balaban J connectivity index is 1.75. The zero-order chi connectivity index (χ0) is 21.5. The molecule has 0 saturated carbocycles. The van der Waals surface area contributed by atoms with Crippen molar-refractivity contribution in [1.29, 1.82) is 0 Å². The summed E-state index contributed by atoms with van der Waals surface area (Å²) in [6.07, 6.45) is 3.04. The molecule has 3 aromatic heterocycles. The van der Waals surface area contributed by atoms with E-state index >= 15 is 0 Å². The molecule has 0 unspecified atom stereocenters. The standard InChI is InChI=1S/C20H19F2N7O2/c1-10-24-8-11(9-25-10)31-20-27-18-15(19(28-20)29-3-5-30-6-4-29)14-16(22)12(21)7-13(23-2)17(14)26-18/h7-9,23H,3-6H2,1-2H3,(H,26,27,28). The van der Waals surface area contributed by atoms with Crippen molar-refractivity contribution >= 4 is 33.4 Å². The Bertz CT molecular complexity index is 1270. The van der Waals surface area contributed by atoms with Crippen molar-refractivity contribution in [3.8, 4) is 11.8 Å². The maximum atomic E-state index is 14.9. The Labute approximate surface area is 175 Å². The summed E-state index contributed by atoms with van der Waals surface area (Å²) >= 11 is 0. The van der Waals surface area contributed by atoms with Crippen LogP contribution in [0.3, 0.4) is 0 Å². The van der Waals surface area contributed by atoms with Gasteiger partial charge >= 0.3 is 6.01 Å². The number of H-pyrrole nitrogens is 1. The summed E-state index contributed by atoms with van der Waals surface area (Å²) in [4.78, 5) is 22.2. The summed E-state index contributed by atoms with van der Waals surface area (Å²) in [6, 6.07) is 1.15. The molecular weight excluding hydrogens is 408 g/mol. The highest BCUT2D eigenvalue weighted by Crippen LogP contribution is 2.39. The van der Waals surface area contributed by atoms with E-state index < -0.39 is 11.6 Å². The molecule has 1 aromatic carbocycles. The molecular formula is C20H19F2N7O2. The van der Waals surface area contributed by atoms with E-state index in [2.05, 4.69) is 30.2 Å². The zero-order valence-electron chi connectivity index (χ0n) is 16.9. The fourth-order valence-electron chi connectivity index (χ4n) is 3.64. The molecule has 0 bridgehead atoms. The fraction of sp³-hybridized carbons (Fsp3) is 0.300. The van der Waals surface area contributed by atoms with Gasteiger partial charge in [0.25, 0.3) is 0 Å². The second kappa shape index (κ2) is 7.58. The predicted molar refractivity (Wildman–Crippen MR) is 111 cm³/mol. The molecule has 4 aromatic rings. The highest BCUT2D eigenvalue weighted by Gasteiger charge is 2.25. The van der Waals surface area contributed by atoms with Crippen molar-refractivity contribution in [3.05, 3.63) is 35.9 Å². The molecule has 1 aliphatic rings. The summed E-state index contributed by atoms with van der Waals surface area (Å²) < 4.78 is 40.5. The van der Waals surface area contributed by atoms with Gasteiger partial charge in [-0.3, -0.25) is 0 Å². The van der Waals surface area contributed by atoms with Gasteiger partial charge in [-0.05, 0) is 6.92 Å². The lowest BCUT2D eigenvalue weighted by Crippen LogP contribution is -2.37. The number of morpholine rings is 1. The van der Waals surface area contributed by atoms with Crippen LogP contribution in [0.15, 0.2) is 18.5 Å². The quantitative estimate of drug-likeness (QED) is 0.512. The fourth-order valence-corrected chi connectivity index (χ4v) is 3.64. The number of aryl methyl sites for hydroxylation is 1. The highest BCUT2D eigenvalue weighted by molar-refractivity contribution is 6.15. The van der Waals surface area contributed by atoms with E-state index in [0.717, 1.165) is 6.07 Å². The number of hydrogen-bond acceptors (Lipinski definition) is 8. The lowest BCUT2D eigenvalue weighted by molar-refractivity contribution is 0.122. The Morgan fingerprint density at radius 2 is 1.87 bits per heavy atom. The molecule has 2 N–H and O–H groups in total. The first-order chi connectivity index (χ1) is 15.0. The molecule has 31 heavy (non-hydrogen) atoms. The van der Waals surface area contributed by atoms with Crippen LogP contribution in [0.2, 0.25) is 0 Å². The highest BCUT2D eigenvalue weighted by atomic mass is 19.2. The Kier molecular flexibility index (Phi) is 4.74. The van der Waals surface area contributed by atoms with E-state index in [0.29, 0.717) is 65.9 Å². The topological polar surface area (TPSA) is 101 Å². The smallest absolute Gasteiger partial charge is 0.326 e. The van der Waals surface area contributed by atoms with Crippen LogP contribution >= 0.6 is 0 Å². The number of anilines is 2. The van der Waals surface area contributed by atoms with Crippen LogP contribution in [-0.4, -0.2) is 58.3 Å². The molecule has 5 rings (SSSR count). The summed E-state index contributed by atoms with van der Waals surface area (Å²) in [5, 5.41) is 3.37. The molecule has 1 fully saturated rings. The SMILES string of the molecule is CNc1cc(F)c(F)c2c1[nH]c1nc(Oc3cnc(C)nc3)nc(N3CCOCC3)c12. The number of nitrogens with one attached hydrogen (secondary N) is 2. The van der Waals surface area contributed by atoms with Crippen LogP contribution in [-0.2, 0) is 4.74 Å². The molecule has 0 radical (unpaired) electrons. The number of rotatable bonds is 4. The molecule has 1 saturated heterocycles. The summed E-state index contributed by atoms with van der Waals surface area (Å²) in [5.74, 6) is -0.511. The maximum absolute atomic E-state index is 14.9. The van der Waals surface area contributed by atoms with Crippen molar-refractivity contribution < 1.29 is 18.3 Å². The molecule has 0 aliphatic carbocycles. The van der Waals surface area contributed by atoms with Crippen molar-refractivity contribution in [3.63, 3.8) is 0 Å². The lowest BCUT2D eigenvalue weighted by atomic mass is 10.1. The van der Waals surface area contributed by atoms with Crippen molar-refractivity contribution in [2.75, 3.05) is 43.6 Å². The van der Waals surface area contributed by atoms with Gasteiger partial charge in [0.05, 0.1) is 47.6 Å². The molecule has 0 spiro atoms. The first kappa shape index (κ1) is 19.4. The van der Waals surface area contributed by atoms with E-state index in [1.807, 2.05) is 4.90 Å². The largest absolute Gasteiger partial charge is 0.421 e. The number of ether oxygens (including phenoxy) is 2. The third kappa shape index (κ3) is 3.36. The van der Waals surface area contributed by atoms with E-state index in [-0.39, 0.29) is 11.4 Å². The number of fused-ring (bicyclic) bond motifs is 3. The second-order valence-electron chi connectivity index (χ2n) is 7.07. The number of halogens is 2. The normalized spacial score (nSPS) is 14.4. The summed E-state index contributed by atoms with van der Waals surface area (Å²) in [5.41, 5.74) is 1.14. The third-order valence-corrected chi connectivity index (χ3v) is 5.13. The van der Waals surface area contributed by atoms with E-state index in [1.54, 1.807) is 14.0 Å². The molecule has 160 valence electrons. The summed E-state index contributed by atoms with van der Waals surface area (Å²) in [7, 11) is 1.64. The molecule has 0 atom stereocenters. The third-order valence-electron chi connectivity index (χ3n) is 5.13. The molecule has 11 heteroatoms. The monoisotopic (exact) mass is 427 g/mol. The van der Waals surface area contributed by atoms with Crippen LogP contribution in [0.1, 0.15) is 5.82 Å². The molecule has 9 nitrogen and oxygen atoms in total. The van der Waals surface area contributed by atoms with Crippen LogP contribution in [0.5, 0.6) is 11.8 Å². The number of benzene rings is 1. The van der Waals surface area contributed by atoms with Crippen molar-refractivity contribution in [2.24, 2.45) is 0 Å².